The van der Waals surface area contributed by atoms with Crippen molar-refractivity contribution < 1.29 is 27.2 Å². The van der Waals surface area contributed by atoms with Crippen LogP contribution in [0.5, 0.6) is 5.75 Å². The summed E-state index contributed by atoms with van der Waals surface area (Å²) in [6.07, 6.45) is -2.85. The average Bonchev–Trinajstić information content (AvgIpc) is 3.52. The molecule has 1 N–H and O–H groups in total. The maximum absolute atomic E-state index is 13.2. The molecule has 1 amide bonds. The van der Waals surface area contributed by atoms with Crippen molar-refractivity contribution in [3.8, 4) is 17.1 Å². The summed E-state index contributed by atoms with van der Waals surface area (Å²) in [5.41, 5.74) is 0.160. The van der Waals surface area contributed by atoms with Crippen molar-refractivity contribution in [1.29, 1.82) is 0 Å². The predicted octanol–water partition coefficient (Wildman–Crippen LogP) is 5.29. The zero-order chi connectivity index (χ0) is 25.2. The van der Waals surface area contributed by atoms with Crippen LogP contribution in [0, 0.1) is 0 Å². The molecule has 1 aliphatic heterocycles. The first kappa shape index (κ1) is 27.5. The van der Waals surface area contributed by atoms with E-state index >= 15 is 0 Å². The zero-order valence-electron chi connectivity index (χ0n) is 20.1. The third kappa shape index (κ3) is 6.17. The fourth-order valence-corrected chi connectivity index (χ4v) is 4.09. The Morgan fingerprint density at radius 3 is 2.56 bits per heavy atom. The van der Waals surface area contributed by atoms with Crippen LogP contribution in [-0.2, 0) is 11.0 Å². The number of carbonyl (C=O) groups excluding carboxylic acids is 1. The van der Waals surface area contributed by atoms with Crippen molar-refractivity contribution in [1.82, 2.24) is 20.4 Å². The highest BCUT2D eigenvalue weighted by atomic mass is 35.5. The smallest absolute Gasteiger partial charge is 0.416 e. The van der Waals surface area contributed by atoms with Crippen LogP contribution in [0.15, 0.2) is 59.4 Å². The molecule has 3 aromatic rings. The number of alkyl halides is 3. The number of nitrogens with one attached hydrogen (secondary N) is 1. The summed E-state index contributed by atoms with van der Waals surface area (Å²) in [5, 5.41) is 6.87. The average molecular weight is 525 g/mol. The molecule has 0 bridgehead atoms. The maximum Gasteiger partial charge on any atom is 0.416 e. The lowest BCUT2D eigenvalue weighted by Crippen LogP contribution is -2.54. The van der Waals surface area contributed by atoms with Gasteiger partial charge in [-0.2, -0.15) is 18.2 Å². The summed E-state index contributed by atoms with van der Waals surface area (Å²) in [6.45, 7) is 6.60. The number of carbonyl (C=O) groups is 1. The summed E-state index contributed by atoms with van der Waals surface area (Å²) in [6, 6.07) is 12.2. The van der Waals surface area contributed by atoms with Crippen molar-refractivity contribution in [3.63, 3.8) is 0 Å². The van der Waals surface area contributed by atoms with Crippen LogP contribution in [-0.4, -0.2) is 45.7 Å². The highest BCUT2D eigenvalue weighted by molar-refractivity contribution is 5.86. The van der Waals surface area contributed by atoms with Gasteiger partial charge >= 0.3 is 6.18 Å². The van der Waals surface area contributed by atoms with Crippen LogP contribution < -0.4 is 10.1 Å². The van der Waals surface area contributed by atoms with Crippen molar-refractivity contribution in [2.24, 2.45) is 0 Å². The van der Waals surface area contributed by atoms with Gasteiger partial charge < -0.3 is 14.6 Å². The summed E-state index contributed by atoms with van der Waals surface area (Å²) < 4.78 is 49.5. The van der Waals surface area contributed by atoms with Gasteiger partial charge in [-0.3, -0.25) is 9.69 Å². The molecule has 0 saturated carbocycles. The van der Waals surface area contributed by atoms with Crippen molar-refractivity contribution >= 4 is 18.3 Å². The first-order valence-corrected chi connectivity index (χ1v) is 11.3. The highest BCUT2D eigenvalue weighted by Crippen LogP contribution is 2.32. The minimum absolute atomic E-state index is 0. The molecule has 0 radical (unpaired) electrons. The molecule has 11 heteroatoms. The van der Waals surface area contributed by atoms with E-state index in [1.807, 2.05) is 49.9 Å². The minimum atomic E-state index is -4.43. The van der Waals surface area contributed by atoms with E-state index in [0.29, 0.717) is 25.3 Å². The molecule has 0 spiro atoms. The molecule has 36 heavy (non-hydrogen) atoms. The summed E-state index contributed by atoms with van der Waals surface area (Å²) in [5.74, 6) is 0.518. The van der Waals surface area contributed by atoms with Gasteiger partial charge in [0.05, 0.1) is 17.1 Å². The molecule has 7 nitrogen and oxygen atoms in total. The van der Waals surface area contributed by atoms with Gasteiger partial charge in [-0.25, -0.2) is 0 Å². The van der Waals surface area contributed by atoms with E-state index in [1.54, 1.807) is 0 Å². The zero-order valence-corrected chi connectivity index (χ0v) is 20.9. The van der Waals surface area contributed by atoms with Crippen molar-refractivity contribution in [3.05, 3.63) is 66.1 Å². The van der Waals surface area contributed by atoms with Crippen LogP contribution in [0.1, 0.15) is 44.4 Å². The second-order valence-corrected chi connectivity index (χ2v) is 9.13. The number of aromatic nitrogens is 2. The van der Waals surface area contributed by atoms with E-state index in [2.05, 4.69) is 15.5 Å². The van der Waals surface area contributed by atoms with Crippen LogP contribution >= 0.6 is 12.4 Å². The molecule has 1 saturated heterocycles. The number of ether oxygens (including phenoxy) is 1. The molecule has 1 unspecified atom stereocenters. The second-order valence-electron chi connectivity index (χ2n) is 9.13. The number of rotatable bonds is 7. The number of benzene rings is 2. The van der Waals surface area contributed by atoms with Gasteiger partial charge in [0.2, 0.25) is 18.1 Å². The number of amides is 1. The standard InChI is InChI=1S/C25H27F3N4O3.ClH/c1-16(17-7-9-18(10-8-17)22-29-15-34-31-22)30-23(33)24(2,3)32-12-11-21(14-32)35-20-6-4-5-19(13-20)25(26,27)28;/h4-10,13,15-16,21H,11-12,14H2,1-3H3,(H,30,33);1H/t16-,21?;/m0./s1. The van der Waals surface area contributed by atoms with Crippen molar-refractivity contribution in [2.75, 3.05) is 13.1 Å². The van der Waals surface area contributed by atoms with Gasteiger partial charge in [-0.15, -0.1) is 12.4 Å². The lowest BCUT2D eigenvalue weighted by atomic mass is 10.00. The Balaban J connectivity index is 0.00000361. The van der Waals surface area contributed by atoms with Gasteiger partial charge in [0.25, 0.3) is 0 Å². The lowest BCUT2D eigenvalue weighted by molar-refractivity contribution is -0.137. The first-order valence-electron chi connectivity index (χ1n) is 11.3. The van der Waals surface area contributed by atoms with Gasteiger partial charge in [0.1, 0.15) is 11.9 Å². The lowest BCUT2D eigenvalue weighted by Gasteiger charge is -2.35. The number of halogens is 4. The third-order valence-corrected chi connectivity index (χ3v) is 6.33. The number of likely N-dealkylation sites (tertiary alicyclic amines) is 1. The third-order valence-electron chi connectivity index (χ3n) is 6.33. The number of nitrogens with zero attached hydrogens (tertiary/aromatic N) is 3. The molecule has 2 atom stereocenters. The van der Waals surface area contributed by atoms with Gasteiger partial charge in [-0.1, -0.05) is 35.5 Å². The molecule has 1 aliphatic rings. The molecular formula is C25H28ClF3N4O3. The van der Waals surface area contributed by atoms with E-state index in [1.165, 1.54) is 18.5 Å². The monoisotopic (exact) mass is 524 g/mol. The molecule has 2 heterocycles. The Labute approximate surface area is 213 Å². The summed E-state index contributed by atoms with van der Waals surface area (Å²) >= 11 is 0. The van der Waals surface area contributed by atoms with E-state index in [-0.39, 0.29) is 36.2 Å². The highest BCUT2D eigenvalue weighted by Gasteiger charge is 2.40. The fourth-order valence-electron chi connectivity index (χ4n) is 4.09. The Bertz CT molecular complexity index is 1150. The molecule has 1 fully saturated rings. The Morgan fingerprint density at radius 2 is 1.92 bits per heavy atom. The molecule has 194 valence electrons. The number of hydrogen-bond donors (Lipinski definition) is 1. The Morgan fingerprint density at radius 1 is 1.19 bits per heavy atom. The molecule has 0 aliphatic carbocycles. The SMILES string of the molecule is C[C@H](NC(=O)C(C)(C)N1CCC(Oc2cccc(C(F)(F)F)c2)C1)c1ccc(-c2ncon2)cc1.Cl. The molecular weight excluding hydrogens is 497 g/mol. The predicted molar refractivity (Wildman–Crippen MR) is 130 cm³/mol. The normalized spacial score (nSPS) is 17.3. The van der Waals surface area contributed by atoms with Crippen LogP contribution in [0.4, 0.5) is 13.2 Å². The maximum atomic E-state index is 13.2. The van der Waals surface area contributed by atoms with E-state index in [4.69, 9.17) is 9.26 Å². The molecule has 4 rings (SSSR count). The van der Waals surface area contributed by atoms with E-state index in [0.717, 1.165) is 23.3 Å². The fraction of sp³-hybridized carbons (Fsp3) is 0.400. The van der Waals surface area contributed by atoms with E-state index < -0.39 is 17.3 Å². The topological polar surface area (TPSA) is 80.5 Å². The summed E-state index contributed by atoms with van der Waals surface area (Å²) in [7, 11) is 0. The number of hydrogen-bond acceptors (Lipinski definition) is 6. The molecule has 1 aromatic heterocycles. The summed E-state index contributed by atoms with van der Waals surface area (Å²) in [4.78, 5) is 19.2. The largest absolute Gasteiger partial charge is 0.489 e. The van der Waals surface area contributed by atoms with Crippen molar-refractivity contribution in [2.45, 2.75) is 51.1 Å². The quantitative estimate of drug-likeness (QED) is 0.452. The second kappa shape index (κ2) is 10.9. The first-order chi connectivity index (χ1) is 16.5. The Kier molecular flexibility index (Phi) is 8.30. The van der Waals surface area contributed by atoms with Gasteiger partial charge in [-0.05, 0) is 51.0 Å². The molecule has 2 aromatic carbocycles. The van der Waals surface area contributed by atoms with Crippen LogP contribution in [0.25, 0.3) is 11.4 Å². The van der Waals surface area contributed by atoms with E-state index in [9.17, 15) is 18.0 Å². The minimum Gasteiger partial charge on any atom is -0.489 e. The van der Waals surface area contributed by atoms with Gasteiger partial charge in [0, 0.05) is 18.7 Å². The van der Waals surface area contributed by atoms with Crippen LogP contribution in [0.3, 0.4) is 0 Å². The van der Waals surface area contributed by atoms with Gasteiger partial charge in [0.15, 0.2) is 0 Å². The van der Waals surface area contributed by atoms with Crippen LogP contribution in [0.2, 0.25) is 0 Å². The Hall–Kier alpha value is -3.11.